The molecule has 0 saturated heterocycles. The molecule has 0 radical (unpaired) electrons. The van der Waals surface area contributed by atoms with E-state index < -0.39 is 29.3 Å². The highest BCUT2D eigenvalue weighted by molar-refractivity contribution is 7.10. The number of amides is 2. The van der Waals surface area contributed by atoms with Crippen molar-refractivity contribution in [2.75, 3.05) is 6.54 Å². The second-order valence-corrected chi connectivity index (χ2v) is 5.96. The molecule has 0 aliphatic heterocycles. The molecule has 0 saturated carbocycles. The molecule has 0 spiro atoms. The van der Waals surface area contributed by atoms with Crippen molar-refractivity contribution in [2.24, 2.45) is 0 Å². The molecule has 0 fully saturated rings. The number of thiophene rings is 1. The van der Waals surface area contributed by atoms with Gasteiger partial charge in [0.25, 0.3) is 0 Å². The van der Waals surface area contributed by atoms with E-state index in [4.69, 9.17) is 0 Å². The van der Waals surface area contributed by atoms with Crippen molar-refractivity contribution < 1.29 is 18.7 Å². The summed E-state index contributed by atoms with van der Waals surface area (Å²) >= 11 is 1.53. The minimum Gasteiger partial charge on any atom is -0.386 e. The number of nitrogens with one attached hydrogen (secondary N) is 2. The molecule has 3 N–H and O–H groups in total. The second-order valence-electron chi connectivity index (χ2n) is 4.98. The van der Waals surface area contributed by atoms with Crippen molar-refractivity contribution in [3.05, 3.63) is 57.8 Å². The first-order chi connectivity index (χ1) is 11.0. The van der Waals surface area contributed by atoms with Gasteiger partial charge in [-0.15, -0.1) is 11.3 Å². The molecule has 2 atom stereocenters. The number of hydrogen-bond donors (Lipinski definition) is 3. The molecule has 0 bridgehead atoms. The minimum atomic E-state index is -1.45. The Labute approximate surface area is 137 Å². The first kappa shape index (κ1) is 17.4. The molecule has 7 heteroatoms. The van der Waals surface area contributed by atoms with Gasteiger partial charge in [-0.1, -0.05) is 19.1 Å². The van der Waals surface area contributed by atoms with Crippen molar-refractivity contribution in [1.82, 2.24) is 10.6 Å². The Balaban J connectivity index is 1.91. The molecule has 2 amide bonds. The Kier molecular flexibility index (Phi) is 6.06. The molecule has 1 aromatic heterocycles. The van der Waals surface area contributed by atoms with E-state index in [1.54, 1.807) is 0 Å². The highest BCUT2D eigenvalue weighted by Crippen LogP contribution is 2.22. The Morgan fingerprint density at radius 2 is 1.96 bits per heavy atom. The van der Waals surface area contributed by atoms with E-state index in [1.165, 1.54) is 17.4 Å². The van der Waals surface area contributed by atoms with Crippen LogP contribution in [0.3, 0.4) is 0 Å². The maximum Gasteiger partial charge on any atom is 0.315 e. The van der Waals surface area contributed by atoms with Gasteiger partial charge in [0.1, 0.15) is 17.7 Å². The summed E-state index contributed by atoms with van der Waals surface area (Å²) < 4.78 is 27.1. The van der Waals surface area contributed by atoms with Gasteiger partial charge in [0, 0.05) is 11.4 Å². The molecular weight excluding hydrogens is 322 g/mol. The summed E-state index contributed by atoms with van der Waals surface area (Å²) in [6.07, 6.45) is -0.748. The summed E-state index contributed by atoms with van der Waals surface area (Å²) in [5.74, 6) is -1.69. The monoisotopic (exact) mass is 340 g/mol. The molecule has 124 valence electrons. The van der Waals surface area contributed by atoms with Gasteiger partial charge in [0.2, 0.25) is 0 Å². The fourth-order valence-corrected chi connectivity index (χ4v) is 3.05. The lowest BCUT2D eigenvalue weighted by Gasteiger charge is -2.18. The van der Waals surface area contributed by atoms with Gasteiger partial charge in [-0.2, -0.15) is 0 Å². The number of hydrogen-bond acceptors (Lipinski definition) is 3. The second kappa shape index (κ2) is 8.03. The van der Waals surface area contributed by atoms with E-state index >= 15 is 0 Å². The highest BCUT2D eigenvalue weighted by atomic mass is 32.1. The van der Waals surface area contributed by atoms with Gasteiger partial charge in [-0.05, 0) is 30.0 Å². The minimum absolute atomic E-state index is 0.141. The third-order valence-electron chi connectivity index (χ3n) is 3.39. The summed E-state index contributed by atoms with van der Waals surface area (Å²) in [6.45, 7) is 1.65. The fourth-order valence-electron chi connectivity index (χ4n) is 2.19. The van der Waals surface area contributed by atoms with Gasteiger partial charge >= 0.3 is 6.03 Å². The molecule has 2 rings (SSSR count). The van der Waals surface area contributed by atoms with E-state index in [0.717, 1.165) is 17.0 Å². The number of halogens is 2. The Morgan fingerprint density at radius 1 is 1.26 bits per heavy atom. The standard InChI is InChI=1S/C16H18F2N2O2S/c1-2-12(14-7-4-8-23-14)20-16(22)19-9-13(21)15-10(17)5-3-6-11(15)18/h3-8,12-13,21H,2,9H2,1H3,(H2,19,20,22). The number of urea groups is 1. The van der Waals surface area contributed by atoms with Crippen molar-refractivity contribution in [1.29, 1.82) is 0 Å². The summed E-state index contributed by atoms with van der Waals surface area (Å²) in [7, 11) is 0. The summed E-state index contributed by atoms with van der Waals surface area (Å²) in [5.41, 5.74) is -0.446. The highest BCUT2D eigenvalue weighted by Gasteiger charge is 2.19. The Hall–Kier alpha value is -1.99. The van der Waals surface area contributed by atoms with Crippen LogP contribution < -0.4 is 10.6 Å². The van der Waals surface area contributed by atoms with Crippen LogP contribution in [0.4, 0.5) is 13.6 Å². The van der Waals surface area contributed by atoms with Crippen LogP contribution in [-0.4, -0.2) is 17.7 Å². The molecule has 1 aromatic carbocycles. The average Bonchev–Trinajstić information content (AvgIpc) is 3.04. The van der Waals surface area contributed by atoms with E-state index in [0.29, 0.717) is 6.42 Å². The number of aliphatic hydroxyl groups is 1. The molecular formula is C16H18F2N2O2S. The molecule has 4 nitrogen and oxygen atoms in total. The van der Waals surface area contributed by atoms with Crippen molar-refractivity contribution in [3.8, 4) is 0 Å². The van der Waals surface area contributed by atoms with E-state index in [2.05, 4.69) is 10.6 Å². The van der Waals surface area contributed by atoms with Gasteiger partial charge in [0.15, 0.2) is 0 Å². The zero-order valence-corrected chi connectivity index (χ0v) is 13.4. The van der Waals surface area contributed by atoms with Crippen molar-refractivity contribution >= 4 is 17.4 Å². The van der Waals surface area contributed by atoms with Crippen LogP contribution in [0, 0.1) is 11.6 Å². The Bertz CT molecular complexity index is 629. The SMILES string of the molecule is CCC(NC(=O)NCC(O)c1c(F)cccc1F)c1cccs1. The molecule has 0 aliphatic carbocycles. The van der Waals surface area contributed by atoms with E-state index in [1.807, 2.05) is 24.4 Å². The van der Waals surface area contributed by atoms with Crippen molar-refractivity contribution in [3.63, 3.8) is 0 Å². The van der Waals surface area contributed by atoms with Crippen LogP contribution in [0.15, 0.2) is 35.7 Å². The van der Waals surface area contributed by atoms with Gasteiger partial charge in [0.05, 0.1) is 11.6 Å². The molecule has 0 aliphatic rings. The van der Waals surface area contributed by atoms with Crippen LogP contribution in [0.2, 0.25) is 0 Å². The average molecular weight is 340 g/mol. The molecule has 1 heterocycles. The van der Waals surface area contributed by atoms with Gasteiger partial charge < -0.3 is 15.7 Å². The number of carbonyl (C=O) groups is 1. The normalized spacial score (nSPS) is 13.4. The van der Waals surface area contributed by atoms with E-state index in [9.17, 15) is 18.7 Å². The lowest BCUT2D eigenvalue weighted by atomic mass is 10.1. The summed E-state index contributed by atoms with van der Waals surface area (Å²) in [5, 5.41) is 17.0. The maximum absolute atomic E-state index is 13.5. The lowest BCUT2D eigenvalue weighted by Crippen LogP contribution is -2.39. The zero-order chi connectivity index (χ0) is 16.8. The van der Waals surface area contributed by atoms with Gasteiger partial charge in [-0.25, -0.2) is 13.6 Å². The Morgan fingerprint density at radius 3 is 2.52 bits per heavy atom. The third-order valence-corrected chi connectivity index (χ3v) is 4.38. The lowest BCUT2D eigenvalue weighted by molar-refractivity contribution is 0.163. The quantitative estimate of drug-likeness (QED) is 0.753. The molecule has 2 aromatic rings. The predicted molar refractivity (Wildman–Crippen MR) is 85.2 cm³/mol. The number of aliphatic hydroxyl groups excluding tert-OH is 1. The fraction of sp³-hybridized carbons (Fsp3) is 0.312. The molecule has 23 heavy (non-hydrogen) atoms. The number of rotatable bonds is 6. The van der Waals surface area contributed by atoms with Crippen LogP contribution in [0.25, 0.3) is 0 Å². The third kappa shape index (κ3) is 4.49. The smallest absolute Gasteiger partial charge is 0.315 e. The summed E-state index contributed by atoms with van der Waals surface area (Å²) in [4.78, 5) is 12.9. The maximum atomic E-state index is 13.5. The number of carbonyl (C=O) groups excluding carboxylic acids is 1. The van der Waals surface area contributed by atoms with Crippen LogP contribution in [0.1, 0.15) is 35.9 Å². The predicted octanol–water partition coefficient (Wildman–Crippen LogP) is 3.51. The number of benzene rings is 1. The first-order valence-electron chi connectivity index (χ1n) is 7.22. The first-order valence-corrected chi connectivity index (χ1v) is 8.10. The zero-order valence-electron chi connectivity index (χ0n) is 12.6. The van der Waals surface area contributed by atoms with Crippen LogP contribution >= 0.6 is 11.3 Å². The van der Waals surface area contributed by atoms with Gasteiger partial charge in [-0.3, -0.25) is 0 Å². The summed E-state index contributed by atoms with van der Waals surface area (Å²) in [6, 6.07) is 6.51. The van der Waals surface area contributed by atoms with Crippen LogP contribution in [-0.2, 0) is 0 Å². The molecule has 2 unspecified atom stereocenters. The van der Waals surface area contributed by atoms with E-state index in [-0.39, 0.29) is 12.6 Å². The largest absolute Gasteiger partial charge is 0.386 e. The van der Waals surface area contributed by atoms with Crippen molar-refractivity contribution in [2.45, 2.75) is 25.5 Å². The van der Waals surface area contributed by atoms with Crippen LogP contribution in [0.5, 0.6) is 0 Å². The topological polar surface area (TPSA) is 61.4 Å².